The van der Waals surface area contributed by atoms with Gasteiger partial charge in [-0.2, -0.15) is 0 Å². The topological polar surface area (TPSA) is 48.1 Å². The second kappa shape index (κ2) is 4.18. The number of hydrogen-bond donors (Lipinski definition) is 1. The Labute approximate surface area is 92.7 Å². The molecule has 0 atom stereocenters. The molecule has 0 saturated carbocycles. The predicted octanol–water partition coefficient (Wildman–Crippen LogP) is 2.48. The zero-order chi connectivity index (χ0) is 11.5. The van der Waals surface area contributed by atoms with Crippen LogP contribution in [0.25, 0.3) is 11.1 Å². The van der Waals surface area contributed by atoms with Crippen LogP contribution < -0.4 is 10.5 Å². The first kappa shape index (κ1) is 10.4. The largest absolute Gasteiger partial charge is 0.496 e. The van der Waals surface area contributed by atoms with Crippen molar-refractivity contribution in [3.63, 3.8) is 0 Å². The van der Waals surface area contributed by atoms with Gasteiger partial charge in [0.1, 0.15) is 17.4 Å². The van der Waals surface area contributed by atoms with Gasteiger partial charge in [-0.15, -0.1) is 0 Å². The molecule has 1 heterocycles. The Kier molecular flexibility index (Phi) is 2.72. The first-order valence-electron chi connectivity index (χ1n) is 4.77. The average molecular weight is 218 g/mol. The number of pyridine rings is 1. The van der Waals surface area contributed by atoms with Crippen molar-refractivity contribution in [3.05, 3.63) is 42.3 Å². The van der Waals surface area contributed by atoms with Crippen molar-refractivity contribution < 1.29 is 9.13 Å². The number of nitrogens with zero attached hydrogens (tertiary/aromatic N) is 1. The summed E-state index contributed by atoms with van der Waals surface area (Å²) in [6.45, 7) is 0. The maximum Gasteiger partial charge on any atom is 0.131 e. The van der Waals surface area contributed by atoms with Gasteiger partial charge in [-0.1, -0.05) is 0 Å². The van der Waals surface area contributed by atoms with Crippen molar-refractivity contribution >= 4 is 5.82 Å². The van der Waals surface area contributed by atoms with Gasteiger partial charge in [-0.05, 0) is 30.3 Å². The van der Waals surface area contributed by atoms with Crippen LogP contribution in [-0.4, -0.2) is 12.1 Å². The Morgan fingerprint density at radius 2 is 2.06 bits per heavy atom. The molecule has 2 N–H and O–H groups in total. The van der Waals surface area contributed by atoms with Gasteiger partial charge in [0.25, 0.3) is 0 Å². The van der Waals surface area contributed by atoms with Crippen LogP contribution >= 0.6 is 0 Å². The number of rotatable bonds is 2. The third-order valence-electron chi connectivity index (χ3n) is 2.29. The lowest BCUT2D eigenvalue weighted by Crippen LogP contribution is -1.95. The molecule has 0 bridgehead atoms. The van der Waals surface area contributed by atoms with E-state index in [4.69, 9.17) is 10.5 Å². The Balaban J connectivity index is 2.63. The Hall–Kier alpha value is -2.10. The number of aromatic nitrogens is 1. The second-order valence-electron chi connectivity index (χ2n) is 3.28. The van der Waals surface area contributed by atoms with Crippen LogP contribution in [0.2, 0.25) is 0 Å². The van der Waals surface area contributed by atoms with Crippen molar-refractivity contribution in [2.75, 3.05) is 12.8 Å². The Morgan fingerprint density at radius 1 is 1.25 bits per heavy atom. The number of benzene rings is 1. The molecule has 2 rings (SSSR count). The van der Waals surface area contributed by atoms with Crippen molar-refractivity contribution in [1.29, 1.82) is 0 Å². The molecule has 0 radical (unpaired) electrons. The Morgan fingerprint density at radius 3 is 2.75 bits per heavy atom. The molecule has 0 aliphatic rings. The Bertz CT molecular complexity index is 514. The summed E-state index contributed by atoms with van der Waals surface area (Å²) in [7, 11) is 1.53. The number of nitrogen functional groups attached to an aromatic ring is 1. The van der Waals surface area contributed by atoms with Crippen LogP contribution in [-0.2, 0) is 0 Å². The second-order valence-corrected chi connectivity index (χ2v) is 3.28. The number of hydrogen-bond acceptors (Lipinski definition) is 3. The zero-order valence-electron chi connectivity index (χ0n) is 8.77. The zero-order valence-corrected chi connectivity index (χ0v) is 8.77. The molecule has 0 unspecified atom stereocenters. The number of ether oxygens (including phenoxy) is 1. The van der Waals surface area contributed by atoms with E-state index in [-0.39, 0.29) is 5.82 Å². The smallest absolute Gasteiger partial charge is 0.131 e. The van der Waals surface area contributed by atoms with Crippen LogP contribution in [0.15, 0.2) is 36.5 Å². The van der Waals surface area contributed by atoms with Gasteiger partial charge in [-0.25, -0.2) is 9.37 Å². The molecule has 0 aliphatic carbocycles. The lowest BCUT2D eigenvalue weighted by atomic mass is 10.1. The molecule has 82 valence electrons. The van der Waals surface area contributed by atoms with Crippen LogP contribution in [0.1, 0.15) is 0 Å². The first-order valence-corrected chi connectivity index (χ1v) is 4.77. The molecule has 0 amide bonds. The summed E-state index contributed by atoms with van der Waals surface area (Å²) in [5.74, 6) is 0.589. The van der Waals surface area contributed by atoms with Gasteiger partial charge in [0.15, 0.2) is 0 Å². The monoisotopic (exact) mass is 218 g/mol. The molecule has 3 nitrogen and oxygen atoms in total. The van der Waals surface area contributed by atoms with Gasteiger partial charge >= 0.3 is 0 Å². The van der Waals surface area contributed by atoms with Gasteiger partial charge in [0, 0.05) is 17.3 Å². The fourth-order valence-corrected chi connectivity index (χ4v) is 1.54. The molecular formula is C12H11FN2O. The van der Waals surface area contributed by atoms with Crippen LogP contribution in [0.3, 0.4) is 0 Å². The quantitative estimate of drug-likeness (QED) is 0.842. The summed E-state index contributed by atoms with van der Waals surface area (Å²) >= 11 is 0. The molecule has 2 aromatic rings. The van der Waals surface area contributed by atoms with E-state index in [2.05, 4.69) is 4.98 Å². The van der Waals surface area contributed by atoms with Crippen molar-refractivity contribution in [3.8, 4) is 16.9 Å². The first-order chi connectivity index (χ1) is 7.72. The van der Waals surface area contributed by atoms with Crippen molar-refractivity contribution in [1.82, 2.24) is 4.98 Å². The number of methoxy groups -OCH3 is 1. The lowest BCUT2D eigenvalue weighted by Gasteiger charge is -2.09. The highest BCUT2D eigenvalue weighted by Crippen LogP contribution is 2.32. The number of anilines is 1. The third-order valence-corrected chi connectivity index (χ3v) is 2.29. The lowest BCUT2D eigenvalue weighted by molar-refractivity contribution is 0.415. The van der Waals surface area contributed by atoms with E-state index < -0.39 is 0 Å². The fourth-order valence-electron chi connectivity index (χ4n) is 1.54. The van der Waals surface area contributed by atoms with E-state index in [0.29, 0.717) is 22.7 Å². The normalized spacial score (nSPS) is 10.1. The van der Waals surface area contributed by atoms with Gasteiger partial charge < -0.3 is 10.5 Å². The molecule has 0 spiro atoms. The minimum Gasteiger partial charge on any atom is -0.496 e. The third kappa shape index (κ3) is 1.82. The molecule has 0 aliphatic heterocycles. The molecule has 1 aromatic heterocycles. The summed E-state index contributed by atoms with van der Waals surface area (Å²) < 4.78 is 18.3. The standard InChI is InChI=1S/C12H11FN2O/c1-16-11-5-4-8(13)7-10(11)9-3-2-6-15-12(9)14/h2-7H,1H3,(H2,14,15). The van der Waals surface area contributed by atoms with Crippen LogP contribution in [0.5, 0.6) is 5.75 Å². The van der Waals surface area contributed by atoms with E-state index in [1.807, 2.05) is 0 Å². The summed E-state index contributed by atoms with van der Waals surface area (Å²) in [5, 5.41) is 0. The number of halogens is 1. The maximum atomic E-state index is 13.2. The molecule has 0 fully saturated rings. The average Bonchev–Trinajstić information content (AvgIpc) is 2.29. The van der Waals surface area contributed by atoms with E-state index in [9.17, 15) is 4.39 Å². The van der Waals surface area contributed by atoms with Crippen molar-refractivity contribution in [2.45, 2.75) is 0 Å². The van der Waals surface area contributed by atoms with Gasteiger partial charge in [0.2, 0.25) is 0 Å². The van der Waals surface area contributed by atoms with Crippen LogP contribution in [0, 0.1) is 5.82 Å². The van der Waals surface area contributed by atoms with Gasteiger partial charge in [-0.3, -0.25) is 0 Å². The molecule has 0 saturated heterocycles. The van der Waals surface area contributed by atoms with Gasteiger partial charge in [0.05, 0.1) is 7.11 Å². The summed E-state index contributed by atoms with van der Waals surface area (Å²) in [4.78, 5) is 3.96. The molecule has 4 heteroatoms. The summed E-state index contributed by atoms with van der Waals surface area (Å²) in [6.07, 6.45) is 1.59. The van der Waals surface area contributed by atoms with E-state index in [1.165, 1.54) is 19.2 Å². The van der Waals surface area contributed by atoms with E-state index in [0.717, 1.165) is 0 Å². The predicted molar refractivity (Wildman–Crippen MR) is 60.6 cm³/mol. The molecule has 16 heavy (non-hydrogen) atoms. The SMILES string of the molecule is COc1ccc(F)cc1-c1cccnc1N. The highest BCUT2D eigenvalue weighted by atomic mass is 19.1. The number of nitrogens with two attached hydrogens (primary N) is 1. The minimum atomic E-state index is -0.334. The fraction of sp³-hybridized carbons (Fsp3) is 0.0833. The van der Waals surface area contributed by atoms with E-state index >= 15 is 0 Å². The van der Waals surface area contributed by atoms with Crippen molar-refractivity contribution in [2.24, 2.45) is 0 Å². The van der Waals surface area contributed by atoms with Crippen LogP contribution in [0.4, 0.5) is 10.2 Å². The minimum absolute atomic E-state index is 0.334. The maximum absolute atomic E-state index is 13.2. The summed E-state index contributed by atoms with van der Waals surface area (Å²) in [6, 6.07) is 7.81. The molecule has 1 aromatic carbocycles. The van der Waals surface area contributed by atoms with E-state index in [1.54, 1.807) is 24.4 Å². The highest BCUT2D eigenvalue weighted by Gasteiger charge is 2.10. The highest BCUT2D eigenvalue weighted by molar-refractivity contribution is 5.78. The summed E-state index contributed by atoms with van der Waals surface area (Å²) in [5.41, 5.74) is 7.01. The molecular weight excluding hydrogens is 207 g/mol.